The zero-order valence-corrected chi connectivity index (χ0v) is 12.1. The SMILES string of the molecule is Cc1cccc(CN(C)c2cc(C(=O)O)ccc2C)c1. The van der Waals surface area contributed by atoms with Gasteiger partial charge in [0.25, 0.3) is 0 Å². The molecule has 0 atom stereocenters. The summed E-state index contributed by atoms with van der Waals surface area (Å²) in [5.41, 5.74) is 4.79. The number of aromatic carboxylic acids is 1. The van der Waals surface area contributed by atoms with Gasteiger partial charge in [-0.1, -0.05) is 35.9 Å². The van der Waals surface area contributed by atoms with E-state index in [-0.39, 0.29) is 0 Å². The number of rotatable bonds is 4. The Labute approximate surface area is 119 Å². The predicted molar refractivity (Wildman–Crippen MR) is 81.4 cm³/mol. The summed E-state index contributed by atoms with van der Waals surface area (Å²) in [6.07, 6.45) is 0. The fourth-order valence-corrected chi connectivity index (χ4v) is 2.32. The first-order chi connectivity index (χ1) is 9.47. The van der Waals surface area contributed by atoms with Gasteiger partial charge in [-0.25, -0.2) is 4.79 Å². The van der Waals surface area contributed by atoms with Crippen LogP contribution in [0.3, 0.4) is 0 Å². The molecule has 1 N–H and O–H groups in total. The van der Waals surface area contributed by atoms with Crippen LogP contribution in [0.15, 0.2) is 42.5 Å². The van der Waals surface area contributed by atoms with Crippen LogP contribution in [0, 0.1) is 13.8 Å². The smallest absolute Gasteiger partial charge is 0.335 e. The maximum Gasteiger partial charge on any atom is 0.335 e. The maximum atomic E-state index is 11.1. The lowest BCUT2D eigenvalue weighted by molar-refractivity contribution is 0.0697. The van der Waals surface area contributed by atoms with E-state index in [4.69, 9.17) is 5.11 Å². The first-order valence-corrected chi connectivity index (χ1v) is 6.58. The Morgan fingerprint density at radius 3 is 2.55 bits per heavy atom. The van der Waals surface area contributed by atoms with E-state index in [0.29, 0.717) is 5.56 Å². The second kappa shape index (κ2) is 5.78. The second-order valence-corrected chi connectivity index (χ2v) is 5.15. The highest BCUT2D eigenvalue weighted by molar-refractivity contribution is 5.89. The molecule has 0 saturated carbocycles. The number of aryl methyl sites for hydroxylation is 2. The first kappa shape index (κ1) is 14.1. The van der Waals surface area contributed by atoms with E-state index in [1.54, 1.807) is 12.1 Å². The molecule has 2 aromatic rings. The Hall–Kier alpha value is -2.29. The van der Waals surface area contributed by atoms with E-state index in [2.05, 4.69) is 30.0 Å². The first-order valence-electron chi connectivity index (χ1n) is 6.58. The molecular formula is C17H19NO2. The number of anilines is 1. The lowest BCUT2D eigenvalue weighted by atomic mass is 10.1. The molecule has 2 rings (SSSR count). The molecular weight excluding hydrogens is 250 g/mol. The van der Waals surface area contributed by atoms with Crippen molar-refractivity contribution in [3.63, 3.8) is 0 Å². The van der Waals surface area contributed by atoms with E-state index in [0.717, 1.165) is 17.8 Å². The molecule has 0 saturated heterocycles. The fraction of sp³-hybridized carbons (Fsp3) is 0.235. The van der Waals surface area contributed by atoms with Crippen LogP contribution < -0.4 is 4.90 Å². The Balaban J connectivity index is 2.26. The van der Waals surface area contributed by atoms with Gasteiger partial charge in [-0.05, 0) is 37.1 Å². The van der Waals surface area contributed by atoms with E-state index >= 15 is 0 Å². The molecule has 0 heterocycles. The topological polar surface area (TPSA) is 40.5 Å². The number of hydrogen-bond donors (Lipinski definition) is 1. The van der Waals surface area contributed by atoms with Crippen LogP contribution in [0.1, 0.15) is 27.0 Å². The van der Waals surface area contributed by atoms with Crippen LogP contribution >= 0.6 is 0 Å². The van der Waals surface area contributed by atoms with Crippen molar-refractivity contribution in [2.45, 2.75) is 20.4 Å². The van der Waals surface area contributed by atoms with E-state index in [1.807, 2.05) is 26.1 Å². The van der Waals surface area contributed by atoms with Crippen molar-refractivity contribution in [3.8, 4) is 0 Å². The molecule has 0 aliphatic carbocycles. The predicted octanol–water partition coefficient (Wildman–Crippen LogP) is 3.64. The van der Waals surface area contributed by atoms with Crippen LogP contribution in [0.25, 0.3) is 0 Å². The molecule has 3 nitrogen and oxygen atoms in total. The number of hydrogen-bond acceptors (Lipinski definition) is 2. The number of carboxylic acid groups (broad SMARTS) is 1. The zero-order valence-electron chi connectivity index (χ0n) is 12.1. The van der Waals surface area contributed by atoms with Crippen LogP contribution in [0.4, 0.5) is 5.69 Å². The zero-order chi connectivity index (χ0) is 14.7. The van der Waals surface area contributed by atoms with Gasteiger partial charge in [-0.15, -0.1) is 0 Å². The minimum atomic E-state index is -0.893. The summed E-state index contributed by atoms with van der Waals surface area (Å²) in [5, 5.41) is 9.09. The van der Waals surface area contributed by atoms with Gasteiger partial charge in [0, 0.05) is 19.3 Å². The monoisotopic (exact) mass is 269 g/mol. The van der Waals surface area contributed by atoms with Crippen molar-refractivity contribution in [2.75, 3.05) is 11.9 Å². The summed E-state index contributed by atoms with van der Waals surface area (Å²) in [6.45, 7) is 4.82. The third-order valence-electron chi connectivity index (χ3n) is 3.37. The summed E-state index contributed by atoms with van der Waals surface area (Å²) in [4.78, 5) is 13.2. The maximum absolute atomic E-state index is 11.1. The van der Waals surface area contributed by atoms with Crippen molar-refractivity contribution < 1.29 is 9.90 Å². The second-order valence-electron chi connectivity index (χ2n) is 5.15. The van der Waals surface area contributed by atoms with Crippen LogP contribution in [0.2, 0.25) is 0 Å². The lowest BCUT2D eigenvalue weighted by Gasteiger charge is -2.22. The Bertz CT molecular complexity index is 635. The normalized spacial score (nSPS) is 10.3. The standard InChI is InChI=1S/C17H19NO2/c1-12-5-4-6-14(9-12)11-18(3)16-10-15(17(19)20)8-7-13(16)2/h4-10H,11H2,1-3H3,(H,19,20). The quantitative estimate of drug-likeness (QED) is 0.921. The van der Waals surface area contributed by atoms with E-state index in [9.17, 15) is 4.79 Å². The van der Waals surface area contributed by atoms with Crippen molar-refractivity contribution in [3.05, 3.63) is 64.7 Å². The Morgan fingerprint density at radius 1 is 1.15 bits per heavy atom. The number of nitrogens with zero attached hydrogens (tertiary/aromatic N) is 1. The largest absolute Gasteiger partial charge is 0.478 e. The van der Waals surface area contributed by atoms with Crippen LogP contribution in [0.5, 0.6) is 0 Å². The van der Waals surface area contributed by atoms with Gasteiger partial charge < -0.3 is 10.0 Å². The molecule has 0 unspecified atom stereocenters. The summed E-state index contributed by atoms with van der Waals surface area (Å²) in [6, 6.07) is 13.6. The number of carboxylic acids is 1. The van der Waals surface area contributed by atoms with Crippen molar-refractivity contribution in [2.24, 2.45) is 0 Å². The van der Waals surface area contributed by atoms with E-state index in [1.165, 1.54) is 11.1 Å². The highest BCUT2D eigenvalue weighted by Gasteiger charge is 2.10. The van der Waals surface area contributed by atoms with Crippen molar-refractivity contribution >= 4 is 11.7 Å². The minimum absolute atomic E-state index is 0.321. The Morgan fingerprint density at radius 2 is 1.90 bits per heavy atom. The summed E-state index contributed by atoms with van der Waals surface area (Å²) in [5.74, 6) is -0.893. The minimum Gasteiger partial charge on any atom is -0.478 e. The molecule has 0 bridgehead atoms. The third kappa shape index (κ3) is 3.18. The van der Waals surface area contributed by atoms with Gasteiger partial charge in [-0.2, -0.15) is 0 Å². The highest BCUT2D eigenvalue weighted by atomic mass is 16.4. The molecule has 0 aliphatic rings. The number of benzene rings is 2. The fourth-order valence-electron chi connectivity index (χ4n) is 2.32. The molecule has 20 heavy (non-hydrogen) atoms. The third-order valence-corrected chi connectivity index (χ3v) is 3.37. The molecule has 0 aliphatic heterocycles. The average Bonchev–Trinajstić information content (AvgIpc) is 2.38. The molecule has 2 aromatic carbocycles. The summed E-state index contributed by atoms with van der Waals surface area (Å²) < 4.78 is 0. The molecule has 0 aromatic heterocycles. The number of carbonyl (C=O) groups is 1. The van der Waals surface area contributed by atoms with Crippen molar-refractivity contribution in [1.29, 1.82) is 0 Å². The van der Waals surface area contributed by atoms with E-state index < -0.39 is 5.97 Å². The van der Waals surface area contributed by atoms with Gasteiger partial charge in [0.05, 0.1) is 5.56 Å². The molecule has 3 heteroatoms. The summed E-state index contributed by atoms with van der Waals surface area (Å²) in [7, 11) is 1.98. The van der Waals surface area contributed by atoms with Crippen molar-refractivity contribution in [1.82, 2.24) is 0 Å². The van der Waals surface area contributed by atoms with Crippen LogP contribution in [-0.2, 0) is 6.54 Å². The van der Waals surface area contributed by atoms with Crippen LogP contribution in [-0.4, -0.2) is 18.1 Å². The lowest BCUT2D eigenvalue weighted by Crippen LogP contribution is -2.18. The molecule has 0 amide bonds. The molecule has 0 radical (unpaired) electrons. The van der Waals surface area contributed by atoms with Gasteiger partial charge in [0.2, 0.25) is 0 Å². The summed E-state index contributed by atoms with van der Waals surface area (Å²) >= 11 is 0. The highest BCUT2D eigenvalue weighted by Crippen LogP contribution is 2.22. The van der Waals surface area contributed by atoms with Gasteiger partial charge in [-0.3, -0.25) is 0 Å². The Kier molecular flexibility index (Phi) is 4.08. The van der Waals surface area contributed by atoms with Gasteiger partial charge in [0.15, 0.2) is 0 Å². The van der Waals surface area contributed by atoms with Gasteiger partial charge >= 0.3 is 5.97 Å². The average molecular weight is 269 g/mol. The molecule has 104 valence electrons. The molecule has 0 fully saturated rings. The van der Waals surface area contributed by atoms with Gasteiger partial charge in [0.1, 0.15) is 0 Å². The molecule has 0 spiro atoms.